The summed E-state index contributed by atoms with van der Waals surface area (Å²) in [4.78, 5) is 3.03. The molecule has 1 aromatic heterocycles. The van der Waals surface area contributed by atoms with Crippen LogP contribution in [0.4, 0.5) is 0 Å². The predicted molar refractivity (Wildman–Crippen MR) is 59.5 cm³/mol. The summed E-state index contributed by atoms with van der Waals surface area (Å²) < 4.78 is 5.45. The number of aromatic nitrogens is 1. The molecule has 4 heteroatoms. The number of ether oxygens (including phenoxy) is 1. The van der Waals surface area contributed by atoms with Crippen LogP contribution in [0.25, 0.3) is 10.9 Å². The number of fused-ring (bicyclic) bond motifs is 1. The average Bonchev–Trinajstić information content (AvgIpc) is 2.63. The van der Waals surface area contributed by atoms with Gasteiger partial charge in [-0.15, -0.1) is 0 Å². The quantitative estimate of drug-likeness (QED) is 0.832. The average molecular weight is 230 g/mol. The van der Waals surface area contributed by atoms with Crippen LogP contribution in [0.5, 0.6) is 5.75 Å². The van der Waals surface area contributed by atoms with E-state index in [0.717, 1.165) is 16.7 Å². The van der Waals surface area contributed by atoms with Gasteiger partial charge in [0, 0.05) is 17.6 Å². The van der Waals surface area contributed by atoms with Crippen molar-refractivity contribution in [2.75, 3.05) is 6.61 Å². The normalized spacial score (nSPS) is 10.8. The second-order valence-corrected chi connectivity index (χ2v) is 3.66. The van der Waals surface area contributed by atoms with Crippen LogP contribution in [0.1, 0.15) is 6.92 Å². The predicted octanol–water partition coefficient (Wildman–Crippen LogP) is 3.87. The highest BCUT2D eigenvalue weighted by Crippen LogP contribution is 2.36. The summed E-state index contributed by atoms with van der Waals surface area (Å²) in [7, 11) is 0. The van der Waals surface area contributed by atoms with Crippen LogP contribution in [0.15, 0.2) is 18.3 Å². The van der Waals surface area contributed by atoms with Crippen molar-refractivity contribution in [2.24, 2.45) is 0 Å². The number of rotatable bonds is 2. The fraction of sp³-hybridized carbons (Fsp3) is 0.200. The minimum atomic E-state index is 0.505. The highest BCUT2D eigenvalue weighted by Gasteiger charge is 2.10. The molecular weight excluding hydrogens is 221 g/mol. The monoisotopic (exact) mass is 229 g/mol. The van der Waals surface area contributed by atoms with Gasteiger partial charge in [0.1, 0.15) is 5.75 Å². The summed E-state index contributed by atoms with van der Waals surface area (Å²) in [5.74, 6) is 0.762. The molecule has 1 heterocycles. The van der Waals surface area contributed by atoms with E-state index in [1.807, 2.05) is 19.2 Å². The summed E-state index contributed by atoms with van der Waals surface area (Å²) in [6.45, 7) is 2.54. The molecule has 0 spiro atoms. The summed E-state index contributed by atoms with van der Waals surface area (Å²) in [6.07, 6.45) is 1.81. The summed E-state index contributed by atoms with van der Waals surface area (Å²) in [5.41, 5.74) is 0.822. The molecule has 2 nitrogen and oxygen atoms in total. The molecule has 0 fully saturated rings. The Bertz CT molecular complexity index is 464. The molecule has 0 saturated heterocycles. The first-order chi connectivity index (χ1) is 6.74. The standard InChI is InChI=1S/C10H9Cl2NO/c1-2-14-8-5-7(11)9(12)10-6(8)3-4-13-10/h3-5,13H,2H2,1H3. The van der Waals surface area contributed by atoms with Crippen LogP contribution in [-0.2, 0) is 0 Å². The lowest BCUT2D eigenvalue weighted by Crippen LogP contribution is -1.92. The number of hydrogen-bond donors (Lipinski definition) is 1. The van der Waals surface area contributed by atoms with E-state index in [4.69, 9.17) is 27.9 Å². The van der Waals surface area contributed by atoms with Gasteiger partial charge < -0.3 is 9.72 Å². The van der Waals surface area contributed by atoms with Crippen molar-refractivity contribution < 1.29 is 4.74 Å². The Morgan fingerprint density at radius 2 is 2.21 bits per heavy atom. The number of halogens is 2. The SMILES string of the molecule is CCOc1cc(Cl)c(Cl)c2[nH]ccc12. The third-order valence-corrected chi connectivity index (χ3v) is 2.79. The van der Waals surface area contributed by atoms with Crippen LogP contribution in [0.2, 0.25) is 10.0 Å². The van der Waals surface area contributed by atoms with Crippen molar-refractivity contribution in [3.63, 3.8) is 0 Å². The van der Waals surface area contributed by atoms with Crippen molar-refractivity contribution in [3.05, 3.63) is 28.4 Å². The van der Waals surface area contributed by atoms with Crippen LogP contribution in [0, 0.1) is 0 Å². The minimum Gasteiger partial charge on any atom is -0.493 e. The molecule has 0 radical (unpaired) electrons. The van der Waals surface area contributed by atoms with Gasteiger partial charge in [0.2, 0.25) is 0 Å². The van der Waals surface area contributed by atoms with E-state index in [1.165, 1.54) is 0 Å². The number of aromatic amines is 1. The molecule has 0 aliphatic carbocycles. The molecule has 14 heavy (non-hydrogen) atoms. The Morgan fingerprint density at radius 3 is 2.93 bits per heavy atom. The van der Waals surface area contributed by atoms with E-state index >= 15 is 0 Å². The summed E-state index contributed by atoms with van der Waals surface area (Å²) in [6, 6.07) is 3.66. The van der Waals surface area contributed by atoms with Gasteiger partial charge in [0.25, 0.3) is 0 Å². The Kier molecular flexibility index (Phi) is 2.57. The highest BCUT2D eigenvalue weighted by atomic mass is 35.5. The van der Waals surface area contributed by atoms with E-state index in [-0.39, 0.29) is 0 Å². The van der Waals surface area contributed by atoms with Crippen molar-refractivity contribution in [3.8, 4) is 5.75 Å². The van der Waals surface area contributed by atoms with Crippen molar-refractivity contribution in [1.29, 1.82) is 0 Å². The van der Waals surface area contributed by atoms with Crippen LogP contribution in [0.3, 0.4) is 0 Å². The summed E-state index contributed by atoms with van der Waals surface area (Å²) >= 11 is 12.0. The number of H-pyrrole nitrogens is 1. The molecule has 1 aromatic carbocycles. The van der Waals surface area contributed by atoms with Crippen molar-refractivity contribution >= 4 is 34.1 Å². The largest absolute Gasteiger partial charge is 0.493 e. The van der Waals surface area contributed by atoms with Gasteiger partial charge in [-0.1, -0.05) is 23.2 Å². The molecule has 0 aliphatic rings. The molecule has 0 amide bonds. The molecule has 0 unspecified atom stereocenters. The van der Waals surface area contributed by atoms with Crippen LogP contribution < -0.4 is 4.74 Å². The Hall–Kier alpha value is -0.860. The second kappa shape index (κ2) is 3.71. The van der Waals surface area contributed by atoms with Crippen LogP contribution in [-0.4, -0.2) is 11.6 Å². The van der Waals surface area contributed by atoms with Crippen molar-refractivity contribution in [1.82, 2.24) is 4.98 Å². The zero-order valence-corrected chi connectivity index (χ0v) is 9.12. The number of nitrogens with one attached hydrogen (secondary N) is 1. The van der Waals surface area contributed by atoms with Gasteiger partial charge in [-0.2, -0.15) is 0 Å². The first-order valence-corrected chi connectivity index (χ1v) is 5.07. The Balaban J connectivity index is 2.71. The van der Waals surface area contributed by atoms with Gasteiger partial charge in [-0.05, 0) is 13.0 Å². The molecule has 0 saturated carbocycles. The fourth-order valence-corrected chi connectivity index (χ4v) is 1.81. The first kappa shape index (κ1) is 9.69. The van der Waals surface area contributed by atoms with Gasteiger partial charge >= 0.3 is 0 Å². The molecule has 2 aromatic rings. The first-order valence-electron chi connectivity index (χ1n) is 4.32. The van der Waals surface area contributed by atoms with Gasteiger partial charge in [0.15, 0.2) is 0 Å². The smallest absolute Gasteiger partial charge is 0.130 e. The third kappa shape index (κ3) is 1.45. The van der Waals surface area contributed by atoms with E-state index in [9.17, 15) is 0 Å². The Labute approximate surface area is 91.8 Å². The highest BCUT2D eigenvalue weighted by molar-refractivity contribution is 6.45. The van der Waals surface area contributed by atoms with Gasteiger partial charge in [-0.3, -0.25) is 0 Å². The summed E-state index contributed by atoms with van der Waals surface area (Å²) in [5, 5.41) is 2.00. The fourth-order valence-electron chi connectivity index (χ4n) is 1.41. The molecule has 0 atom stereocenters. The van der Waals surface area contributed by atoms with E-state index in [1.54, 1.807) is 6.07 Å². The lowest BCUT2D eigenvalue weighted by Gasteiger charge is -2.06. The zero-order chi connectivity index (χ0) is 10.1. The zero-order valence-electron chi connectivity index (χ0n) is 7.60. The van der Waals surface area contributed by atoms with Crippen molar-refractivity contribution in [2.45, 2.75) is 6.92 Å². The lowest BCUT2D eigenvalue weighted by molar-refractivity contribution is 0.344. The Morgan fingerprint density at radius 1 is 1.43 bits per heavy atom. The van der Waals surface area contributed by atoms with E-state index < -0.39 is 0 Å². The van der Waals surface area contributed by atoms with E-state index in [2.05, 4.69) is 4.98 Å². The molecule has 2 rings (SSSR count). The maximum Gasteiger partial charge on any atom is 0.130 e. The lowest BCUT2D eigenvalue weighted by atomic mass is 10.2. The third-order valence-electron chi connectivity index (χ3n) is 2.00. The van der Waals surface area contributed by atoms with E-state index in [0.29, 0.717) is 16.7 Å². The molecule has 74 valence electrons. The topological polar surface area (TPSA) is 25.0 Å². The maximum atomic E-state index is 6.02. The molecule has 1 N–H and O–H groups in total. The minimum absolute atomic E-state index is 0.505. The molecule has 0 bridgehead atoms. The van der Waals surface area contributed by atoms with Gasteiger partial charge in [0.05, 0.1) is 22.2 Å². The second-order valence-electron chi connectivity index (χ2n) is 2.87. The maximum absolute atomic E-state index is 6.02. The van der Waals surface area contributed by atoms with Crippen LogP contribution >= 0.6 is 23.2 Å². The van der Waals surface area contributed by atoms with Gasteiger partial charge in [-0.25, -0.2) is 0 Å². The molecular formula is C10H9Cl2NO. The molecule has 0 aliphatic heterocycles. The number of hydrogen-bond acceptors (Lipinski definition) is 1. The number of benzene rings is 1.